The van der Waals surface area contributed by atoms with Crippen molar-refractivity contribution in [2.45, 2.75) is 0 Å². The summed E-state index contributed by atoms with van der Waals surface area (Å²) in [6.45, 7) is -0.0748. The van der Waals surface area contributed by atoms with Crippen molar-refractivity contribution in [3.8, 4) is 6.07 Å². The van der Waals surface area contributed by atoms with E-state index in [1.165, 1.54) is 18.2 Å². The molecule has 0 aliphatic rings. The number of benzene rings is 1. The van der Waals surface area contributed by atoms with Gasteiger partial charge in [-0.15, -0.1) is 0 Å². The second-order valence-corrected chi connectivity index (χ2v) is 5.10. The van der Waals surface area contributed by atoms with Crippen LogP contribution in [0.1, 0.15) is 5.56 Å². The molecule has 0 spiro atoms. The number of nitro benzene ring substituents is 1. The van der Waals surface area contributed by atoms with E-state index in [9.17, 15) is 18.5 Å². The van der Waals surface area contributed by atoms with Crippen molar-refractivity contribution in [1.29, 1.82) is 5.26 Å². The highest BCUT2D eigenvalue weighted by molar-refractivity contribution is 7.89. The molecule has 0 amide bonds. The van der Waals surface area contributed by atoms with Gasteiger partial charge in [0.25, 0.3) is 0 Å². The molecule has 8 nitrogen and oxygen atoms in total. The van der Waals surface area contributed by atoms with Gasteiger partial charge in [-0.3, -0.25) is 10.1 Å². The molecule has 0 heterocycles. The summed E-state index contributed by atoms with van der Waals surface area (Å²) in [5.41, 5.74) is -0.391. The monoisotopic (exact) mass is 270 g/mol. The maximum atomic E-state index is 10.8. The van der Waals surface area contributed by atoms with Gasteiger partial charge in [0.15, 0.2) is 0 Å². The summed E-state index contributed by atoms with van der Waals surface area (Å²) in [5, 5.41) is 27.0. The molecule has 0 radical (unpaired) electrons. The second-order valence-electron chi connectivity index (χ2n) is 3.36. The highest BCUT2D eigenvalue weighted by atomic mass is 32.2. The van der Waals surface area contributed by atoms with Crippen molar-refractivity contribution in [1.82, 2.24) is 0 Å². The number of nitrogens with one attached hydrogen (secondary N) is 1. The molecule has 1 aromatic rings. The topological polar surface area (TPSA) is 139 Å². The van der Waals surface area contributed by atoms with Crippen molar-refractivity contribution in [3.63, 3.8) is 0 Å². The number of anilines is 1. The number of hydrogen-bond donors (Lipinski definition) is 2. The van der Waals surface area contributed by atoms with Gasteiger partial charge in [-0.05, 0) is 12.1 Å². The van der Waals surface area contributed by atoms with Gasteiger partial charge in [0.05, 0.1) is 10.7 Å². The van der Waals surface area contributed by atoms with Crippen molar-refractivity contribution in [3.05, 3.63) is 33.9 Å². The fourth-order valence-electron chi connectivity index (χ4n) is 1.30. The second kappa shape index (κ2) is 5.44. The Balaban J connectivity index is 2.96. The quantitative estimate of drug-likeness (QED) is 0.577. The Kier molecular flexibility index (Phi) is 4.19. The molecule has 0 unspecified atom stereocenters. The van der Waals surface area contributed by atoms with Gasteiger partial charge in [0.1, 0.15) is 17.3 Å². The van der Waals surface area contributed by atoms with E-state index in [4.69, 9.17) is 10.4 Å². The van der Waals surface area contributed by atoms with Crippen LogP contribution < -0.4 is 10.5 Å². The van der Waals surface area contributed by atoms with E-state index in [0.29, 0.717) is 0 Å². The van der Waals surface area contributed by atoms with Gasteiger partial charge in [-0.25, -0.2) is 13.6 Å². The normalized spacial score (nSPS) is 10.7. The third kappa shape index (κ3) is 3.69. The highest BCUT2D eigenvalue weighted by Crippen LogP contribution is 2.27. The zero-order valence-corrected chi connectivity index (χ0v) is 9.98. The lowest BCUT2D eigenvalue weighted by atomic mass is 10.1. The maximum Gasteiger partial charge on any atom is 0.309 e. The first-order valence-corrected chi connectivity index (χ1v) is 6.48. The number of sulfonamides is 1. The first-order valence-electron chi connectivity index (χ1n) is 4.77. The molecule has 0 aliphatic heterocycles. The van der Waals surface area contributed by atoms with Crippen molar-refractivity contribution < 1.29 is 13.3 Å². The summed E-state index contributed by atoms with van der Waals surface area (Å²) in [7, 11) is -3.64. The Labute approximate surface area is 103 Å². The van der Waals surface area contributed by atoms with Crippen LogP contribution in [0.3, 0.4) is 0 Å². The van der Waals surface area contributed by atoms with Gasteiger partial charge in [-0.1, -0.05) is 6.07 Å². The Morgan fingerprint density at radius 1 is 1.50 bits per heavy atom. The Hall–Kier alpha value is -2.18. The zero-order valence-electron chi connectivity index (χ0n) is 9.16. The van der Waals surface area contributed by atoms with Crippen LogP contribution in [0.2, 0.25) is 0 Å². The lowest BCUT2D eigenvalue weighted by Gasteiger charge is -2.06. The predicted octanol–water partition coefficient (Wildman–Crippen LogP) is 0.167. The SMILES string of the molecule is N#Cc1cccc(NCCS(N)(=O)=O)c1[N+](=O)[O-]. The number of nitrogens with two attached hydrogens (primary N) is 1. The molecular weight excluding hydrogens is 260 g/mol. The number of nitro groups is 1. The molecule has 0 aromatic heterocycles. The summed E-state index contributed by atoms with van der Waals surface area (Å²) >= 11 is 0. The van der Waals surface area contributed by atoms with E-state index < -0.39 is 14.9 Å². The molecule has 3 N–H and O–H groups in total. The largest absolute Gasteiger partial charge is 0.378 e. The van der Waals surface area contributed by atoms with Gasteiger partial charge in [0, 0.05) is 6.54 Å². The molecule has 96 valence electrons. The minimum Gasteiger partial charge on any atom is -0.378 e. The van der Waals surface area contributed by atoms with E-state index in [-0.39, 0.29) is 29.2 Å². The molecule has 0 aliphatic carbocycles. The van der Waals surface area contributed by atoms with Gasteiger partial charge in [0.2, 0.25) is 10.0 Å². The molecule has 18 heavy (non-hydrogen) atoms. The van der Waals surface area contributed by atoms with Crippen LogP contribution in [-0.4, -0.2) is 25.6 Å². The van der Waals surface area contributed by atoms with Crippen molar-refractivity contribution in [2.24, 2.45) is 5.14 Å². The smallest absolute Gasteiger partial charge is 0.309 e. The molecular formula is C9H10N4O4S. The first kappa shape index (κ1) is 13.9. The fourth-order valence-corrected chi connectivity index (χ4v) is 1.69. The summed E-state index contributed by atoms with van der Waals surface area (Å²) in [5.74, 6) is -0.360. The standard InChI is InChI=1S/C9H10N4O4S/c10-6-7-2-1-3-8(9(7)13(14)15)12-4-5-18(11,16)17/h1-3,12H,4-5H2,(H2,11,16,17). The Morgan fingerprint density at radius 3 is 2.67 bits per heavy atom. The van der Waals surface area contributed by atoms with Gasteiger partial charge < -0.3 is 5.32 Å². The Morgan fingerprint density at radius 2 is 2.17 bits per heavy atom. The summed E-state index contributed by atoms with van der Waals surface area (Å²) in [4.78, 5) is 10.1. The van der Waals surface area contributed by atoms with Crippen molar-refractivity contribution >= 4 is 21.4 Å². The lowest BCUT2D eigenvalue weighted by molar-refractivity contribution is -0.384. The summed E-state index contributed by atoms with van der Waals surface area (Å²) in [6, 6.07) is 5.86. The third-order valence-corrected chi connectivity index (χ3v) is 2.81. The van der Waals surface area contributed by atoms with Crippen LogP contribution in [0.15, 0.2) is 18.2 Å². The first-order chi connectivity index (χ1) is 8.35. The van der Waals surface area contributed by atoms with E-state index in [2.05, 4.69) is 5.32 Å². The van der Waals surface area contributed by atoms with E-state index in [1.807, 2.05) is 0 Å². The zero-order chi connectivity index (χ0) is 13.8. The molecule has 0 saturated carbocycles. The van der Waals surface area contributed by atoms with E-state index in [1.54, 1.807) is 6.07 Å². The molecule has 0 atom stereocenters. The van der Waals surface area contributed by atoms with Crippen LogP contribution in [0.5, 0.6) is 0 Å². The molecule has 1 rings (SSSR count). The molecule has 0 saturated heterocycles. The average Bonchev–Trinajstić information content (AvgIpc) is 2.26. The van der Waals surface area contributed by atoms with Crippen LogP contribution >= 0.6 is 0 Å². The van der Waals surface area contributed by atoms with Crippen LogP contribution in [0.4, 0.5) is 11.4 Å². The number of rotatable bonds is 5. The Bertz CT molecular complexity index is 605. The number of nitrogens with zero attached hydrogens (tertiary/aromatic N) is 2. The number of nitriles is 1. The van der Waals surface area contributed by atoms with E-state index in [0.717, 1.165) is 0 Å². The fraction of sp³-hybridized carbons (Fsp3) is 0.222. The highest BCUT2D eigenvalue weighted by Gasteiger charge is 2.19. The minimum absolute atomic E-state index is 0.0748. The summed E-state index contributed by atoms with van der Waals surface area (Å²) in [6.07, 6.45) is 0. The third-order valence-electron chi connectivity index (χ3n) is 2.04. The summed E-state index contributed by atoms with van der Waals surface area (Å²) < 4.78 is 21.4. The molecule has 9 heteroatoms. The molecule has 1 aromatic carbocycles. The van der Waals surface area contributed by atoms with Crippen molar-refractivity contribution in [2.75, 3.05) is 17.6 Å². The van der Waals surface area contributed by atoms with E-state index >= 15 is 0 Å². The molecule has 0 fully saturated rings. The molecule has 0 bridgehead atoms. The average molecular weight is 270 g/mol. The van der Waals surface area contributed by atoms with Crippen LogP contribution in [-0.2, 0) is 10.0 Å². The van der Waals surface area contributed by atoms with Gasteiger partial charge >= 0.3 is 5.69 Å². The minimum atomic E-state index is -3.64. The number of primary sulfonamides is 1. The lowest BCUT2D eigenvalue weighted by Crippen LogP contribution is -2.22. The maximum absolute atomic E-state index is 10.8. The number of para-hydroxylation sites is 1. The van der Waals surface area contributed by atoms with Crippen LogP contribution in [0.25, 0.3) is 0 Å². The number of hydrogen-bond acceptors (Lipinski definition) is 6. The van der Waals surface area contributed by atoms with Crippen LogP contribution in [0, 0.1) is 21.4 Å². The predicted molar refractivity (Wildman–Crippen MR) is 64.3 cm³/mol. The van der Waals surface area contributed by atoms with Gasteiger partial charge in [-0.2, -0.15) is 5.26 Å².